The third kappa shape index (κ3) is 1.41. The van der Waals surface area contributed by atoms with Crippen molar-refractivity contribution in [3.05, 3.63) is 0 Å². The average molecular weight is 151 g/mol. The molecule has 0 unspecified atom stereocenters. The summed E-state index contributed by atoms with van der Waals surface area (Å²) in [7, 11) is -3.77. The van der Waals surface area contributed by atoms with E-state index < -0.39 is 15.4 Å². The van der Waals surface area contributed by atoms with Gasteiger partial charge in [-0.2, -0.15) is 8.42 Å². The van der Waals surface area contributed by atoms with Gasteiger partial charge >= 0.3 is 0 Å². The van der Waals surface area contributed by atoms with Gasteiger partial charge in [-0.25, -0.2) is 0 Å². The molecule has 1 aliphatic rings. The van der Waals surface area contributed by atoms with Crippen molar-refractivity contribution in [3.8, 4) is 0 Å². The van der Waals surface area contributed by atoms with Gasteiger partial charge in [-0.1, -0.05) is 0 Å². The van der Waals surface area contributed by atoms with E-state index in [1.165, 1.54) is 0 Å². The van der Waals surface area contributed by atoms with Crippen molar-refractivity contribution < 1.29 is 13.0 Å². The second-order valence-electron chi connectivity index (χ2n) is 2.28. The van der Waals surface area contributed by atoms with E-state index in [1.54, 1.807) is 0 Å². The van der Waals surface area contributed by atoms with Crippen molar-refractivity contribution in [2.45, 2.75) is 11.7 Å². The van der Waals surface area contributed by atoms with Gasteiger partial charge in [-0.3, -0.25) is 4.55 Å². The maximum absolute atomic E-state index is 10.3. The Balaban J connectivity index is 2.53. The molecule has 9 heavy (non-hydrogen) atoms. The van der Waals surface area contributed by atoms with Gasteiger partial charge in [-0.15, -0.1) is 0 Å². The lowest BCUT2D eigenvalue weighted by Gasteiger charge is -1.89. The molecule has 0 radical (unpaired) electrons. The summed E-state index contributed by atoms with van der Waals surface area (Å²) < 4.78 is 28.9. The molecule has 5 heteroatoms. The Morgan fingerprint density at radius 2 is 2.22 bits per heavy atom. The molecule has 0 spiro atoms. The van der Waals surface area contributed by atoms with E-state index in [2.05, 4.69) is 0 Å². The predicted octanol–water partition coefficient (Wildman–Crippen LogP) is -0.779. The monoisotopic (exact) mass is 151 g/mol. The van der Waals surface area contributed by atoms with Crippen molar-refractivity contribution in [1.29, 1.82) is 0 Å². The van der Waals surface area contributed by atoms with Crippen LogP contribution in [-0.2, 0) is 10.1 Å². The molecule has 54 valence electrons. The van der Waals surface area contributed by atoms with E-state index in [-0.39, 0.29) is 5.92 Å². The summed E-state index contributed by atoms with van der Waals surface area (Å²) in [5, 5.41) is -0.567. The lowest BCUT2D eigenvalue weighted by atomic mass is 10.4. The van der Waals surface area contributed by atoms with Gasteiger partial charge in [0.1, 0.15) is 0 Å². The first-order valence-corrected chi connectivity index (χ1v) is 4.22. The fraction of sp³-hybridized carbons (Fsp3) is 1.00. The SMILES string of the molecule is NC[C@@H]1C[C@@H]1S(=O)(=O)O. The molecule has 1 saturated carbocycles. The number of nitrogens with two attached hydrogens (primary N) is 1. The second kappa shape index (κ2) is 1.93. The van der Waals surface area contributed by atoms with E-state index in [9.17, 15) is 8.42 Å². The van der Waals surface area contributed by atoms with Gasteiger partial charge in [0, 0.05) is 0 Å². The highest BCUT2D eigenvalue weighted by Crippen LogP contribution is 2.35. The average Bonchev–Trinajstić information content (AvgIpc) is 2.39. The van der Waals surface area contributed by atoms with Crippen LogP contribution in [0.15, 0.2) is 0 Å². The quantitative estimate of drug-likeness (QED) is 0.507. The molecule has 2 atom stereocenters. The van der Waals surface area contributed by atoms with Crippen LogP contribution in [0, 0.1) is 5.92 Å². The molecule has 0 aromatic heterocycles. The van der Waals surface area contributed by atoms with E-state index >= 15 is 0 Å². The smallest absolute Gasteiger partial charge is 0.268 e. The maximum atomic E-state index is 10.3. The fourth-order valence-electron chi connectivity index (χ4n) is 0.833. The highest BCUT2D eigenvalue weighted by Gasteiger charge is 2.45. The first-order valence-electron chi connectivity index (χ1n) is 2.72. The zero-order chi connectivity index (χ0) is 7.07. The van der Waals surface area contributed by atoms with Crippen LogP contribution in [-0.4, -0.2) is 24.8 Å². The van der Waals surface area contributed by atoms with Crippen molar-refractivity contribution in [1.82, 2.24) is 0 Å². The predicted molar refractivity (Wildman–Crippen MR) is 32.5 cm³/mol. The first kappa shape index (κ1) is 6.98. The molecule has 0 aliphatic heterocycles. The molecule has 0 saturated heterocycles. The molecule has 4 nitrogen and oxygen atoms in total. The van der Waals surface area contributed by atoms with Gasteiger partial charge in [-0.05, 0) is 18.9 Å². The minimum absolute atomic E-state index is 0.000000000000000222. The second-order valence-corrected chi connectivity index (χ2v) is 3.92. The molecular weight excluding hydrogens is 142 g/mol. The zero-order valence-corrected chi connectivity index (χ0v) is 5.63. The summed E-state index contributed by atoms with van der Waals surface area (Å²) >= 11 is 0. The minimum Gasteiger partial charge on any atom is -0.330 e. The molecule has 0 amide bonds. The zero-order valence-electron chi connectivity index (χ0n) is 4.82. The molecule has 1 fully saturated rings. The lowest BCUT2D eigenvalue weighted by Crippen LogP contribution is -2.11. The number of hydrogen-bond donors (Lipinski definition) is 2. The maximum Gasteiger partial charge on any atom is 0.268 e. The molecule has 0 aromatic carbocycles. The summed E-state index contributed by atoms with van der Waals surface area (Å²) in [5.41, 5.74) is 5.15. The minimum atomic E-state index is -3.77. The largest absolute Gasteiger partial charge is 0.330 e. The molecule has 0 bridgehead atoms. The van der Waals surface area contributed by atoms with Gasteiger partial charge < -0.3 is 5.73 Å². The van der Waals surface area contributed by atoms with E-state index in [4.69, 9.17) is 10.3 Å². The summed E-state index contributed by atoms with van der Waals surface area (Å²) in [6.07, 6.45) is 0.523. The van der Waals surface area contributed by atoms with Crippen LogP contribution in [0.4, 0.5) is 0 Å². The molecule has 0 aromatic rings. The van der Waals surface area contributed by atoms with E-state index in [0.717, 1.165) is 0 Å². The molecule has 0 heterocycles. The topological polar surface area (TPSA) is 80.4 Å². The summed E-state index contributed by atoms with van der Waals surface area (Å²) in [4.78, 5) is 0. The summed E-state index contributed by atoms with van der Waals surface area (Å²) in [5.74, 6) is -0.000000000000000222. The Morgan fingerprint density at radius 3 is 2.33 bits per heavy atom. The Morgan fingerprint density at radius 1 is 1.67 bits per heavy atom. The summed E-state index contributed by atoms with van der Waals surface area (Å²) in [6, 6.07) is 0. The Labute approximate surface area is 53.8 Å². The van der Waals surface area contributed by atoms with Gasteiger partial charge in [0.15, 0.2) is 0 Å². The van der Waals surface area contributed by atoms with Crippen LogP contribution in [0.2, 0.25) is 0 Å². The highest BCUT2D eigenvalue weighted by atomic mass is 32.2. The molecule has 3 N–H and O–H groups in total. The van der Waals surface area contributed by atoms with Crippen LogP contribution in [0.25, 0.3) is 0 Å². The van der Waals surface area contributed by atoms with Crippen LogP contribution in [0.3, 0.4) is 0 Å². The lowest BCUT2D eigenvalue weighted by molar-refractivity contribution is 0.479. The molecular formula is C4H9NO3S. The third-order valence-electron chi connectivity index (χ3n) is 1.54. The van der Waals surface area contributed by atoms with E-state index in [0.29, 0.717) is 13.0 Å². The highest BCUT2D eigenvalue weighted by molar-refractivity contribution is 7.86. The van der Waals surface area contributed by atoms with Gasteiger partial charge in [0.05, 0.1) is 5.25 Å². The van der Waals surface area contributed by atoms with E-state index in [1.807, 2.05) is 0 Å². The number of rotatable bonds is 2. The van der Waals surface area contributed by atoms with Gasteiger partial charge in [0.2, 0.25) is 0 Å². The van der Waals surface area contributed by atoms with Crippen LogP contribution < -0.4 is 5.73 Å². The number of hydrogen-bond acceptors (Lipinski definition) is 3. The van der Waals surface area contributed by atoms with Crippen molar-refractivity contribution >= 4 is 10.1 Å². The first-order chi connectivity index (χ1) is 4.05. The van der Waals surface area contributed by atoms with Crippen molar-refractivity contribution in [2.75, 3.05) is 6.54 Å². The Hall–Kier alpha value is -0.130. The fourth-order valence-corrected chi connectivity index (χ4v) is 1.92. The normalized spacial score (nSPS) is 34.4. The van der Waals surface area contributed by atoms with Crippen LogP contribution >= 0.6 is 0 Å². The third-order valence-corrected chi connectivity index (χ3v) is 2.89. The Kier molecular flexibility index (Phi) is 1.50. The van der Waals surface area contributed by atoms with Crippen LogP contribution in [0.5, 0.6) is 0 Å². The standard InChI is InChI=1S/C4H9NO3S/c5-2-3-1-4(3)9(6,7)8/h3-4H,1-2,5H2,(H,6,7,8)/t3-,4-/m0/s1. The Bertz CT molecular complexity index is 198. The van der Waals surface area contributed by atoms with Crippen LogP contribution in [0.1, 0.15) is 6.42 Å². The summed E-state index contributed by atoms with van der Waals surface area (Å²) in [6.45, 7) is 0.352. The molecule has 1 aliphatic carbocycles. The van der Waals surface area contributed by atoms with Gasteiger partial charge in [0.25, 0.3) is 10.1 Å². The van der Waals surface area contributed by atoms with Crippen molar-refractivity contribution in [2.24, 2.45) is 11.7 Å². The van der Waals surface area contributed by atoms with Crippen molar-refractivity contribution in [3.63, 3.8) is 0 Å². The molecule has 1 rings (SSSR count).